The molecule has 1 aromatic rings. The fourth-order valence-electron chi connectivity index (χ4n) is 7.42. The van der Waals surface area contributed by atoms with Gasteiger partial charge in [0, 0.05) is 11.1 Å². The second-order valence-electron chi connectivity index (χ2n) is 14.1. The van der Waals surface area contributed by atoms with Crippen molar-refractivity contribution in [3.8, 4) is 11.5 Å². The number of aliphatic hydroxyl groups is 1. The summed E-state index contributed by atoms with van der Waals surface area (Å²) in [5, 5.41) is 32.7. The summed E-state index contributed by atoms with van der Waals surface area (Å²) in [6, 6.07) is 3.64. The van der Waals surface area contributed by atoms with Gasteiger partial charge in [-0.25, -0.2) is 0 Å². The first-order valence-electron chi connectivity index (χ1n) is 15.5. The van der Waals surface area contributed by atoms with E-state index in [1.54, 1.807) is 0 Å². The van der Waals surface area contributed by atoms with E-state index in [0.717, 1.165) is 22.8 Å². The van der Waals surface area contributed by atoms with Crippen molar-refractivity contribution < 1.29 is 29.7 Å². The lowest BCUT2D eigenvalue weighted by molar-refractivity contribution is -0.168. The number of rotatable bonds is 11. The molecule has 4 unspecified atom stereocenters. The van der Waals surface area contributed by atoms with Crippen LogP contribution >= 0.6 is 0 Å². The zero-order valence-corrected chi connectivity index (χ0v) is 27.9. The van der Waals surface area contributed by atoms with E-state index in [9.17, 15) is 24.9 Å². The Hall–Kier alpha value is -3.67. The van der Waals surface area contributed by atoms with Gasteiger partial charge in [0.1, 0.15) is 5.76 Å². The van der Waals surface area contributed by atoms with Gasteiger partial charge < -0.3 is 15.3 Å². The summed E-state index contributed by atoms with van der Waals surface area (Å²) in [6.07, 6.45) is 7.94. The largest absolute Gasteiger partial charge is 0.511 e. The molecular weight excluding hydrogens is 552 g/mol. The summed E-state index contributed by atoms with van der Waals surface area (Å²) in [5.74, 6) is -4.08. The molecule has 2 aliphatic rings. The highest BCUT2D eigenvalue weighted by Crippen LogP contribution is 2.68. The first-order chi connectivity index (χ1) is 20.4. The lowest BCUT2D eigenvalue weighted by Gasteiger charge is -2.61. The van der Waals surface area contributed by atoms with Crippen LogP contribution in [0.3, 0.4) is 0 Å². The lowest BCUT2D eigenvalue weighted by Crippen LogP contribution is -2.71. The van der Waals surface area contributed by atoms with Gasteiger partial charge in [-0.1, -0.05) is 60.9 Å². The maximum absolute atomic E-state index is 15.4. The quantitative estimate of drug-likeness (QED) is 0.101. The van der Waals surface area contributed by atoms with E-state index >= 15 is 4.79 Å². The van der Waals surface area contributed by atoms with Crippen LogP contribution in [-0.2, 0) is 9.59 Å². The third kappa shape index (κ3) is 5.64. The molecule has 44 heavy (non-hydrogen) atoms. The summed E-state index contributed by atoms with van der Waals surface area (Å²) < 4.78 is 0. The molecule has 6 nitrogen and oxygen atoms in total. The number of Topliss-reactive ketones (excluding diaryl/α,β-unsaturated/α-hetero) is 3. The number of benzene rings is 1. The second kappa shape index (κ2) is 12.7. The predicted molar refractivity (Wildman–Crippen MR) is 176 cm³/mol. The Morgan fingerprint density at radius 3 is 2.05 bits per heavy atom. The fourth-order valence-corrected chi connectivity index (χ4v) is 7.42. The minimum atomic E-state index is -2.18. The highest BCUT2D eigenvalue weighted by Gasteiger charge is 2.76. The topological polar surface area (TPSA) is 112 Å². The van der Waals surface area contributed by atoms with Gasteiger partial charge in [-0.2, -0.15) is 0 Å². The van der Waals surface area contributed by atoms with Crippen molar-refractivity contribution in [2.24, 2.45) is 28.1 Å². The number of carbonyl (C=O) groups excluding carboxylic acids is 3. The molecule has 3 rings (SSSR count). The molecule has 0 aliphatic heterocycles. The van der Waals surface area contributed by atoms with Crippen molar-refractivity contribution in [3.63, 3.8) is 0 Å². The molecule has 1 aromatic carbocycles. The van der Waals surface area contributed by atoms with Crippen molar-refractivity contribution in [2.45, 2.75) is 94.4 Å². The predicted octanol–water partition coefficient (Wildman–Crippen LogP) is 8.91. The van der Waals surface area contributed by atoms with Crippen molar-refractivity contribution in [1.29, 1.82) is 0 Å². The van der Waals surface area contributed by atoms with Gasteiger partial charge >= 0.3 is 0 Å². The number of phenols is 2. The molecule has 0 saturated heterocycles. The highest BCUT2D eigenvalue weighted by molar-refractivity contribution is 6.36. The van der Waals surface area contributed by atoms with E-state index in [1.165, 1.54) is 12.1 Å². The minimum Gasteiger partial charge on any atom is -0.511 e. The smallest absolute Gasteiger partial charge is 0.184 e. The second-order valence-corrected chi connectivity index (χ2v) is 14.1. The monoisotopic (exact) mass is 602 g/mol. The van der Waals surface area contributed by atoms with Crippen LogP contribution in [0.25, 0.3) is 0 Å². The number of fused-ring (bicyclic) bond motifs is 2. The van der Waals surface area contributed by atoms with Crippen molar-refractivity contribution in [1.82, 2.24) is 0 Å². The zero-order valence-electron chi connectivity index (χ0n) is 27.9. The molecule has 0 aromatic heterocycles. The standard InChI is InChI=1S/C38H50O6/c1-22(2)12-11-13-29(25(7)8)37-21-27(17-14-23(3)4)36(9,10)38(35(37)44,32(41)26-16-19-30(39)31(40)20-26)34(43)28(33(37)42)18-15-24(5)6/h12,14-16,19-20,27,29,39-40,42H,7,11,13,17-18,21H2,1-6,8-10H3. The van der Waals surface area contributed by atoms with Gasteiger partial charge in [0.05, 0.1) is 5.41 Å². The number of aliphatic hydroxyl groups excluding tert-OH is 1. The number of allylic oxidation sites excluding steroid dienone is 9. The number of aromatic hydroxyl groups is 2. The summed E-state index contributed by atoms with van der Waals surface area (Å²) >= 11 is 0. The fraction of sp³-hybridized carbons (Fsp3) is 0.500. The average Bonchev–Trinajstić information content (AvgIpc) is 2.91. The highest BCUT2D eigenvalue weighted by atomic mass is 16.3. The number of phenolic OH excluding ortho intramolecular Hbond substituents is 2. The van der Waals surface area contributed by atoms with Gasteiger partial charge in [0.15, 0.2) is 34.3 Å². The Bertz CT molecular complexity index is 1490. The van der Waals surface area contributed by atoms with E-state index in [0.29, 0.717) is 24.8 Å². The molecule has 0 radical (unpaired) electrons. The molecule has 6 heteroatoms. The van der Waals surface area contributed by atoms with Crippen LogP contribution in [0.4, 0.5) is 0 Å². The third-order valence-electron chi connectivity index (χ3n) is 9.93. The number of carbonyl (C=O) groups is 3. The molecule has 4 atom stereocenters. The van der Waals surface area contributed by atoms with E-state index in [4.69, 9.17) is 0 Å². The Kier molecular flexibility index (Phi) is 10.1. The van der Waals surface area contributed by atoms with E-state index in [2.05, 4.69) is 18.7 Å². The summed E-state index contributed by atoms with van der Waals surface area (Å²) in [6.45, 7) is 21.5. The van der Waals surface area contributed by atoms with Gasteiger partial charge in [0.2, 0.25) is 0 Å². The Balaban J connectivity index is 2.53. The van der Waals surface area contributed by atoms with Crippen LogP contribution in [0.15, 0.2) is 76.6 Å². The zero-order chi connectivity index (χ0) is 33.4. The van der Waals surface area contributed by atoms with Gasteiger partial charge in [-0.05, 0) is 116 Å². The molecule has 2 aliphatic carbocycles. The number of ketones is 3. The maximum Gasteiger partial charge on any atom is 0.184 e. The summed E-state index contributed by atoms with van der Waals surface area (Å²) in [7, 11) is 0. The van der Waals surface area contributed by atoms with Crippen LogP contribution in [0.2, 0.25) is 0 Å². The third-order valence-corrected chi connectivity index (χ3v) is 9.93. The van der Waals surface area contributed by atoms with E-state index in [1.807, 2.05) is 68.4 Å². The molecule has 0 heterocycles. The Labute approximate surface area is 263 Å². The number of hydrogen-bond acceptors (Lipinski definition) is 6. The molecule has 0 spiro atoms. The first-order valence-corrected chi connectivity index (χ1v) is 15.5. The molecule has 238 valence electrons. The van der Waals surface area contributed by atoms with Gasteiger partial charge in [0.25, 0.3) is 0 Å². The molecular formula is C38H50O6. The van der Waals surface area contributed by atoms with Crippen molar-refractivity contribution in [3.05, 3.63) is 82.2 Å². The normalized spacial score (nSPS) is 24.8. The Morgan fingerprint density at radius 1 is 0.932 bits per heavy atom. The van der Waals surface area contributed by atoms with Crippen LogP contribution in [0.5, 0.6) is 11.5 Å². The van der Waals surface area contributed by atoms with E-state index in [-0.39, 0.29) is 35.7 Å². The van der Waals surface area contributed by atoms with Gasteiger partial charge in [-0.3, -0.25) is 14.4 Å². The summed E-state index contributed by atoms with van der Waals surface area (Å²) in [5.41, 5.74) is -1.06. The van der Waals surface area contributed by atoms with Crippen molar-refractivity contribution >= 4 is 17.3 Å². The molecule has 2 bridgehead atoms. The maximum atomic E-state index is 15.4. The molecule has 1 saturated carbocycles. The molecule has 3 N–H and O–H groups in total. The Morgan fingerprint density at radius 2 is 1.52 bits per heavy atom. The van der Waals surface area contributed by atoms with Crippen LogP contribution in [-0.4, -0.2) is 32.7 Å². The average molecular weight is 603 g/mol. The minimum absolute atomic E-state index is 0.0498. The summed E-state index contributed by atoms with van der Waals surface area (Å²) in [4.78, 5) is 45.3. The first kappa shape index (κ1) is 34.8. The number of hydrogen-bond donors (Lipinski definition) is 3. The van der Waals surface area contributed by atoms with Crippen LogP contribution < -0.4 is 0 Å². The van der Waals surface area contributed by atoms with Gasteiger partial charge in [-0.15, -0.1) is 0 Å². The molecule has 0 amide bonds. The van der Waals surface area contributed by atoms with Crippen LogP contribution in [0.1, 0.15) is 105 Å². The van der Waals surface area contributed by atoms with Crippen LogP contribution in [0, 0.1) is 28.1 Å². The molecule has 1 fully saturated rings. The van der Waals surface area contributed by atoms with Crippen molar-refractivity contribution in [2.75, 3.05) is 0 Å². The SMILES string of the molecule is C=C(C)C(CCC=C(C)C)C12CC(CC=C(C)C)C(C)(C)C(C(=O)c3ccc(O)c(O)c3)(C(=O)C(CC=C(C)C)=C1O)C2=O. The van der Waals surface area contributed by atoms with E-state index < -0.39 is 51.0 Å². The lowest BCUT2D eigenvalue weighted by atomic mass is 9.37.